The van der Waals surface area contributed by atoms with Crippen LogP contribution >= 0.6 is 0 Å². The van der Waals surface area contributed by atoms with Crippen LogP contribution in [0.3, 0.4) is 0 Å². The Balaban J connectivity index is 1.83. The number of hydrogen-bond donors (Lipinski definition) is 2. The van der Waals surface area contributed by atoms with Crippen LogP contribution in [0, 0.1) is 0 Å². The second-order valence-electron chi connectivity index (χ2n) is 5.77. The van der Waals surface area contributed by atoms with E-state index in [4.69, 9.17) is 5.73 Å². The summed E-state index contributed by atoms with van der Waals surface area (Å²) in [5, 5.41) is 2.94. The summed E-state index contributed by atoms with van der Waals surface area (Å²) >= 11 is 0. The average molecular weight is 310 g/mol. The summed E-state index contributed by atoms with van der Waals surface area (Å²) in [6.45, 7) is 2.00. The van der Waals surface area contributed by atoms with E-state index in [-0.39, 0.29) is 29.4 Å². The van der Waals surface area contributed by atoms with E-state index >= 15 is 0 Å². The molecule has 3 N–H and O–H groups in total. The highest BCUT2D eigenvalue weighted by molar-refractivity contribution is 7.91. The fourth-order valence-electron chi connectivity index (χ4n) is 2.54. The van der Waals surface area contributed by atoms with Crippen molar-refractivity contribution < 1.29 is 13.2 Å². The Bertz CT molecular complexity index is 582. The number of nitrogen functional groups attached to an aromatic ring is 1. The van der Waals surface area contributed by atoms with E-state index in [1.54, 1.807) is 0 Å². The summed E-state index contributed by atoms with van der Waals surface area (Å²) < 4.78 is 22.7. The number of nitrogens with two attached hydrogens (primary N) is 1. The first-order valence-electron chi connectivity index (χ1n) is 7.21. The van der Waals surface area contributed by atoms with Crippen molar-refractivity contribution in [1.82, 2.24) is 5.32 Å². The summed E-state index contributed by atoms with van der Waals surface area (Å²) in [6.07, 6.45) is 1.43. The number of amides is 1. The van der Waals surface area contributed by atoms with Crippen molar-refractivity contribution in [3.05, 3.63) is 29.8 Å². The molecule has 1 fully saturated rings. The van der Waals surface area contributed by atoms with Crippen LogP contribution in [0.2, 0.25) is 0 Å². The molecule has 1 saturated heterocycles. The molecule has 116 valence electrons. The maximum absolute atomic E-state index is 12.0. The van der Waals surface area contributed by atoms with Crippen LogP contribution < -0.4 is 11.1 Å². The van der Waals surface area contributed by atoms with Crippen LogP contribution in [0.15, 0.2) is 24.3 Å². The molecule has 1 aliphatic rings. The highest BCUT2D eigenvalue weighted by Crippen LogP contribution is 2.20. The van der Waals surface area contributed by atoms with Crippen molar-refractivity contribution in [2.24, 2.45) is 0 Å². The number of carbonyl (C=O) groups is 1. The summed E-state index contributed by atoms with van der Waals surface area (Å²) in [6, 6.07) is 7.51. The number of sulfone groups is 1. The van der Waals surface area contributed by atoms with Crippen molar-refractivity contribution in [2.45, 2.75) is 38.1 Å². The molecular weight excluding hydrogens is 288 g/mol. The molecule has 5 nitrogen and oxygen atoms in total. The second-order valence-corrected chi connectivity index (χ2v) is 8.07. The third kappa shape index (κ3) is 4.74. The fraction of sp³-hybridized carbons (Fsp3) is 0.533. The van der Waals surface area contributed by atoms with Crippen LogP contribution in [-0.2, 0) is 14.6 Å². The van der Waals surface area contributed by atoms with Crippen molar-refractivity contribution >= 4 is 21.4 Å². The molecule has 6 heteroatoms. The fourth-order valence-corrected chi connectivity index (χ4v) is 4.03. The largest absolute Gasteiger partial charge is 0.399 e. The highest BCUT2D eigenvalue weighted by Gasteiger charge is 2.25. The van der Waals surface area contributed by atoms with Crippen LogP contribution in [0.5, 0.6) is 0 Å². The molecule has 21 heavy (non-hydrogen) atoms. The lowest BCUT2D eigenvalue weighted by atomic mass is 9.97. The first-order chi connectivity index (χ1) is 9.85. The summed E-state index contributed by atoms with van der Waals surface area (Å²) in [7, 11) is -2.88. The van der Waals surface area contributed by atoms with Gasteiger partial charge in [0.25, 0.3) is 0 Å². The smallest absolute Gasteiger partial charge is 0.220 e. The zero-order valence-electron chi connectivity index (χ0n) is 12.2. The van der Waals surface area contributed by atoms with Crippen molar-refractivity contribution in [2.75, 3.05) is 17.2 Å². The van der Waals surface area contributed by atoms with Crippen molar-refractivity contribution in [3.8, 4) is 0 Å². The highest BCUT2D eigenvalue weighted by atomic mass is 32.2. The quantitative estimate of drug-likeness (QED) is 0.824. The van der Waals surface area contributed by atoms with E-state index in [1.807, 2.05) is 31.2 Å². The van der Waals surface area contributed by atoms with Gasteiger partial charge in [-0.05, 0) is 36.5 Å². The number of carbonyl (C=O) groups excluding carboxylic acids is 1. The van der Waals surface area contributed by atoms with Gasteiger partial charge in [0.15, 0.2) is 0 Å². The first kappa shape index (κ1) is 15.8. The van der Waals surface area contributed by atoms with Gasteiger partial charge >= 0.3 is 0 Å². The monoisotopic (exact) mass is 310 g/mol. The van der Waals surface area contributed by atoms with Gasteiger partial charge in [0, 0.05) is 18.2 Å². The predicted octanol–water partition coefficient (Wildman–Crippen LogP) is 1.46. The van der Waals surface area contributed by atoms with Gasteiger partial charge in [-0.15, -0.1) is 0 Å². The van der Waals surface area contributed by atoms with Crippen LogP contribution in [0.4, 0.5) is 5.69 Å². The Kier molecular flexibility index (Phi) is 4.88. The maximum atomic E-state index is 12.0. The molecule has 1 atom stereocenters. The number of nitrogens with one attached hydrogen (secondary N) is 1. The summed E-state index contributed by atoms with van der Waals surface area (Å²) in [5.74, 6) is 0.429. The molecule has 2 rings (SSSR count). The number of anilines is 1. The zero-order chi connectivity index (χ0) is 15.5. The number of rotatable bonds is 4. The van der Waals surface area contributed by atoms with Gasteiger partial charge < -0.3 is 11.1 Å². The lowest BCUT2D eigenvalue weighted by molar-refractivity contribution is -0.122. The van der Waals surface area contributed by atoms with Crippen molar-refractivity contribution in [3.63, 3.8) is 0 Å². The third-order valence-electron chi connectivity index (χ3n) is 3.92. The molecule has 0 saturated carbocycles. The van der Waals surface area contributed by atoms with Gasteiger partial charge in [-0.25, -0.2) is 8.42 Å². The molecule has 0 spiro atoms. The molecule has 1 amide bonds. The molecule has 0 aliphatic carbocycles. The van der Waals surface area contributed by atoms with Crippen molar-refractivity contribution in [1.29, 1.82) is 0 Å². The minimum atomic E-state index is -2.88. The SMILES string of the molecule is CC(CC(=O)NC1CCS(=O)(=O)CC1)c1ccc(N)cc1. The molecular formula is C15H22N2O3S. The minimum absolute atomic E-state index is 0.0142. The van der Waals surface area contributed by atoms with E-state index in [1.165, 1.54) is 0 Å². The molecule has 0 radical (unpaired) electrons. The van der Waals surface area contributed by atoms with Gasteiger partial charge in [0.1, 0.15) is 9.84 Å². The average Bonchev–Trinajstić information content (AvgIpc) is 2.42. The lowest BCUT2D eigenvalue weighted by Crippen LogP contribution is -2.41. The molecule has 0 bridgehead atoms. The van der Waals surface area contributed by atoms with Gasteiger partial charge in [0.2, 0.25) is 5.91 Å². The van der Waals surface area contributed by atoms with E-state index in [0.717, 1.165) is 5.56 Å². The maximum Gasteiger partial charge on any atom is 0.220 e. The predicted molar refractivity (Wildman–Crippen MR) is 83.7 cm³/mol. The molecule has 1 heterocycles. The Hall–Kier alpha value is -1.56. The number of hydrogen-bond acceptors (Lipinski definition) is 4. The molecule has 1 aromatic rings. The van der Waals surface area contributed by atoms with Gasteiger partial charge in [-0.1, -0.05) is 19.1 Å². The zero-order valence-corrected chi connectivity index (χ0v) is 13.0. The van der Waals surface area contributed by atoms with Crippen LogP contribution in [0.25, 0.3) is 0 Å². The Morgan fingerprint density at radius 1 is 1.29 bits per heavy atom. The molecule has 1 unspecified atom stereocenters. The van der Waals surface area contributed by atoms with Crippen LogP contribution in [-0.4, -0.2) is 31.9 Å². The minimum Gasteiger partial charge on any atom is -0.399 e. The number of benzene rings is 1. The van der Waals surface area contributed by atoms with Gasteiger partial charge in [-0.2, -0.15) is 0 Å². The Morgan fingerprint density at radius 2 is 1.86 bits per heavy atom. The summed E-state index contributed by atoms with van der Waals surface area (Å²) in [5.41, 5.74) is 7.43. The van der Waals surface area contributed by atoms with Gasteiger partial charge in [-0.3, -0.25) is 4.79 Å². The van der Waals surface area contributed by atoms with E-state index in [0.29, 0.717) is 24.9 Å². The van der Waals surface area contributed by atoms with E-state index in [2.05, 4.69) is 5.32 Å². The normalized spacial score (nSPS) is 19.9. The van der Waals surface area contributed by atoms with E-state index in [9.17, 15) is 13.2 Å². The molecule has 0 aromatic heterocycles. The lowest BCUT2D eigenvalue weighted by Gasteiger charge is -2.23. The Labute approximate surface area is 125 Å². The second kappa shape index (κ2) is 6.47. The first-order valence-corrected chi connectivity index (χ1v) is 9.03. The molecule has 1 aromatic carbocycles. The molecule has 1 aliphatic heterocycles. The van der Waals surface area contributed by atoms with Crippen LogP contribution in [0.1, 0.15) is 37.7 Å². The topological polar surface area (TPSA) is 89.3 Å². The standard InChI is InChI=1S/C15H22N2O3S/c1-11(12-2-4-13(16)5-3-12)10-15(18)17-14-6-8-21(19,20)9-7-14/h2-5,11,14H,6-10,16H2,1H3,(H,17,18). The Morgan fingerprint density at radius 3 is 2.43 bits per heavy atom. The van der Waals surface area contributed by atoms with E-state index < -0.39 is 9.84 Å². The third-order valence-corrected chi connectivity index (χ3v) is 5.63. The summed E-state index contributed by atoms with van der Waals surface area (Å²) in [4.78, 5) is 12.0. The van der Waals surface area contributed by atoms with Gasteiger partial charge in [0.05, 0.1) is 11.5 Å².